The zero-order valence-corrected chi connectivity index (χ0v) is 12.1. The van der Waals surface area contributed by atoms with E-state index < -0.39 is 0 Å². The number of fused-ring (bicyclic) bond motifs is 3. The third-order valence-corrected chi connectivity index (χ3v) is 4.14. The van der Waals surface area contributed by atoms with Gasteiger partial charge in [0, 0.05) is 16.6 Å². The predicted molar refractivity (Wildman–Crippen MR) is 87.4 cm³/mol. The quantitative estimate of drug-likeness (QED) is 0.588. The van der Waals surface area contributed by atoms with E-state index in [1.54, 1.807) is 12.1 Å². The van der Waals surface area contributed by atoms with Crippen LogP contribution in [0.5, 0.6) is 0 Å². The first kappa shape index (κ1) is 13.0. The molecule has 2 N–H and O–H groups in total. The number of nitrogens with zero attached hydrogens (tertiary/aromatic N) is 1. The zero-order chi connectivity index (χ0) is 15.1. The Balaban J connectivity index is 1.88. The Morgan fingerprint density at radius 1 is 1.14 bits per heavy atom. The lowest BCUT2D eigenvalue weighted by Crippen LogP contribution is -2.00. The minimum absolute atomic E-state index is 0.111. The van der Waals surface area contributed by atoms with Crippen LogP contribution in [0.15, 0.2) is 53.3 Å². The average molecular weight is 311 g/mol. The van der Waals surface area contributed by atoms with E-state index in [0.29, 0.717) is 21.9 Å². The second kappa shape index (κ2) is 4.92. The first-order valence-corrected chi connectivity index (χ1v) is 7.46. The van der Waals surface area contributed by atoms with Crippen LogP contribution in [0.3, 0.4) is 0 Å². The number of aromatic amines is 1. The summed E-state index contributed by atoms with van der Waals surface area (Å²) in [5.41, 5.74) is 2.55. The van der Waals surface area contributed by atoms with Crippen molar-refractivity contribution in [2.75, 3.05) is 5.32 Å². The molecule has 0 unspecified atom stereocenters. The summed E-state index contributed by atoms with van der Waals surface area (Å²) in [4.78, 5) is 19.9. The predicted octanol–water partition coefficient (Wildman–Crippen LogP) is 4.02. The van der Waals surface area contributed by atoms with Gasteiger partial charge in [-0.1, -0.05) is 35.6 Å². The fraction of sp³-hybridized carbons (Fsp3) is 0. The van der Waals surface area contributed by atoms with Crippen LogP contribution in [0.1, 0.15) is 0 Å². The van der Waals surface area contributed by atoms with Crippen LogP contribution in [-0.2, 0) is 0 Å². The molecule has 2 heterocycles. The molecule has 0 radical (unpaired) electrons. The first-order valence-electron chi connectivity index (χ1n) is 6.65. The normalized spacial score (nSPS) is 11.1. The monoisotopic (exact) mass is 311 g/mol. The molecule has 0 bridgehead atoms. The van der Waals surface area contributed by atoms with E-state index in [1.165, 1.54) is 12.1 Å². The molecule has 0 atom stereocenters. The molecule has 0 aliphatic carbocycles. The maximum absolute atomic E-state index is 13.2. The smallest absolute Gasteiger partial charge is 0.261 e. The molecule has 0 amide bonds. The van der Waals surface area contributed by atoms with E-state index in [1.807, 2.05) is 24.3 Å². The highest BCUT2D eigenvalue weighted by Crippen LogP contribution is 2.25. The first-order chi connectivity index (χ1) is 10.7. The van der Waals surface area contributed by atoms with Gasteiger partial charge in [0.2, 0.25) is 0 Å². The minimum atomic E-state index is -0.342. The Hall–Kier alpha value is -2.73. The van der Waals surface area contributed by atoms with Gasteiger partial charge in [-0.05, 0) is 24.3 Å². The number of anilines is 2. The molecule has 0 fully saturated rings. The lowest BCUT2D eigenvalue weighted by molar-refractivity contribution is 0.628. The second-order valence-corrected chi connectivity index (χ2v) is 5.80. The van der Waals surface area contributed by atoms with Crippen molar-refractivity contribution >= 4 is 44.1 Å². The molecule has 2 aromatic carbocycles. The fourth-order valence-corrected chi connectivity index (χ4v) is 3.13. The van der Waals surface area contributed by atoms with Crippen molar-refractivity contribution in [3.05, 3.63) is 63.9 Å². The highest BCUT2D eigenvalue weighted by molar-refractivity contribution is 7.13. The fourth-order valence-electron chi connectivity index (χ4n) is 2.40. The number of H-pyrrole nitrogens is 1. The van der Waals surface area contributed by atoms with E-state index in [4.69, 9.17) is 0 Å². The van der Waals surface area contributed by atoms with Crippen molar-refractivity contribution in [3.63, 3.8) is 0 Å². The van der Waals surface area contributed by atoms with E-state index in [2.05, 4.69) is 15.3 Å². The molecule has 4 rings (SSSR count). The Morgan fingerprint density at radius 3 is 2.86 bits per heavy atom. The minimum Gasteiger partial charge on any atom is -0.349 e. The summed E-state index contributed by atoms with van der Waals surface area (Å²) in [6.07, 6.45) is 0. The summed E-state index contributed by atoms with van der Waals surface area (Å²) in [5.74, 6) is -0.342. The summed E-state index contributed by atoms with van der Waals surface area (Å²) in [6, 6.07) is 13.7. The van der Waals surface area contributed by atoms with Crippen molar-refractivity contribution in [1.82, 2.24) is 9.97 Å². The molecule has 0 spiro atoms. The number of hydrogen-bond donors (Lipinski definition) is 2. The van der Waals surface area contributed by atoms with Crippen LogP contribution < -0.4 is 10.1 Å². The van der Waals surface area contributed by atoms with E-state index >= 15 is 0 Å². The SMILES string of the molecule is O=c1sc(Nc2cccc(F)c2)nc2c1[nH]c1ccccc12. The van der Waals surface area contributed by atoms with Crippen molar-refractivity contribution in [3.8, 4) is 0 Å². The van der Waals surface area contributed by atoms with Gasteiger partial charge in [-0.3, -0.25) is 4.79 Å². The van der Waals surface area contributed by atoms with Crippen LogP contribution in [-0.4, -0.2) is 9.97 Å². The summed E-state index contributed by atoms with van der Waals surface area (Å²) >= 11 is 0.991. The molecule has 0 saturated heterocycles. The Kier molecular flexibility index (Phi) is 2.90. The summed E-state index contributed by atoms with van der Waals surface area (Å²) in [7, 11) is 0. The van der Waals surface area contributed by atoms with E-state index in [-0.39, 0.29) is 10.6 Å². The van der Waals surface area contributed by atoms with Crippen molar-refractivity contribution < 1.29 is 4.39 Å². The molecule has 22 heavy (non-hydrogen) atoms. The highest BCUT2D eigenvalue weighted by Gasteiger charge is 2.11. The average Bonchev–Trinajstić information content (AvgIpc) is 2.87. The topological polar surface area (TPSA) is 57.8 Å². The molecule has 4 nitrogen and oxygen atoms in total. The Morgan fingerprint density at radius 2 is 2.00 bits per heavy atom. The second-order valence-electron chi connectivity index (χ2n) is 4.84. The standard InChI is InChI=1S/C16H10FN3OS/c17-9-4-3-5-10(8-9)18-16-20-13-11-6-1-2-7-12(11)19-14(13)15(21)22-16/h1-8,19H,(H,18,20). The third kappa shape index (κ3) is 2.14. The molecule has 4 aromatic rings. The van der Waals surface area contributed by atoms with Crippen LogP contribution in [0.2, 0.25) is 0 Å². The summed E-state index contributed by atoms with van der Waals surface area (Å²) in [6.45, 7) is 0. The van der Waals surface area contributed by atoms with Crippen LogP contribution in [0.25, 0.3) is 21.9 Å². The number of rotatable bonds is 2. The summed E-state index contributed by atoms with van der Waals surface area (Å²) in [5, 5.41) is 4.32. The molecule has 0 aliphatic rings. The van der Waals surface area contributed by atoms with Gasteiger partial charge in [0.1, 0.15) is 16.9 Å². The Bertz CT molecular complexity index is 1050. The van der Waals surface area contributed by atoms with Crippen LogP contribution >= 0.6 is 11.3 Å². The number of nitrogens with one attached hydrogen (secondary N) is 2. The molecular weight excluding hydrogens is 301 g/mol. The maximum atomic E-state index is 13.2. The van der Waals surface area contributed by atoms with E-state index in [9.17, 15) is 9.18 Å². The summed E-state index contributed by atoms with van der Waals surface area (Å²) < 4.78 is 13.1. The van der Waals surface area contributed by atoms with Gasteiger partial charge in [-0.15, -0.1) is 0 Å². The van der Waals surface area contributed by atoms with Gasteiger partial charge in [0.15, 0.2) is 5.13 Å². The lowest BCUT2D eigenvalue weighted by atomic mass is 10.2. The van der Waals surface area contributed by atoms with Crippen molar-refractivity contribution in [2.45, 2.75) is 0 Å². The maximum Gasteiger partial charge on any atom is 0.261 e. The number of benzene rings is 2. The van der Waals surface area contributed by atoms with Gasteiger partial charge in [0.25, 0.3) is 4.74 Å². The van der Waals surface area contributed by atoms with Crippen molar-refractivity contribution in [2.24, 2.45) is 0 Å². The third-order valence-electron chi connectivity index (χ3n) is 3.36. The largest absolute Gasteiger partial charge is 0.349 e. The molecule has 0 aliphatic heterocycles. The zero-order valence-electron chi connectivity index (χ0n) is 11.3. The molecule has 108 valence electrons. The van der Waals surface area contributed by atoms with Crippen LogP contribution in [0.4, 0.5) is 15.2 Å². The lowest BCUT2D eigenvalue weighted by Gasteiger charge is -2.04. The molecular formula is C16H10FN3OS. The molecule has 2 aromatic heterocycles. The van der Waals surface area contributed by atoms with Gasteiger partial charge in [-0.25, -0.2) is 9.37 Å². The molecule has 6 heteroatoms. The number of hydrogen-bond acceptors (Lipinski definition) is 4. The number of para-hydroxylation sites is 1. The van der Waals surface area contributed by atoms with Gasteiger partial charge in [0.05, 0.1) is 0 Å². The van der Waals surface area contributed by atoms with Gasteiger partial charge >= 0.3 is 0 Å². The highest BCUT2D eigenvalue weighted by atomic mass is 32.1. The van der Waals surface area contributed by atoms with Crippen LogP contribution in [0, 0.1) is 5.82 Å². The van der Waals surface area contributed by atoms with Gasteiger partial charge < -0.3 is 10.3 Å². The van der Waals surface area contributed by atoms with E-state index in [0.717, 1.165) is 22.2 Å². The Labute approximate surface area is 128 Å². The number of aromatic nitrogens is 2. The van der Waals surface area contributed by atoms with Crippen molar-refractivity contribution in [1.29, 1.82) is 0 Å². The molecule has 0 saturated carbocycles. The van der Waals surface area contributed by atoms with Gasteiger partial charge in [-0.2, -0.15) is 0 Å². The number of halogens is 1.